The predicted octanol–water partition coefficient (Wildman–Crippen LogP) is 3.78. The zero-order chi connectivity index (χ0) is 13.6. The second-order valence-corrected chi connectivity index (χ2v) is 6.85. The van der Waals surface area contributed by atoms with Crippen molar-refractivity contribution in [3.63, 3.8) is 0 Å². The van der Waals surface area contributed by atoms with E-state index in [1.165, 1.54) is 18.4 Å². The second-order valence-electron chi connectivity index (χ2n) is 6.85. The van der Waals surface area contributed by atoms with Gasteiger partial charge >= 0.3 is 0 Å². The van der Waals surface area contributed by atoms with Crippen LogP contribution >= 0.6 is 0 Å². The molecule has 3 aliphatic carbocycles. The van der Waals surface area contributed by atoms with Gasteiger partial charge in [-0.2, -0.15) is 0 Å². The first-order valence-corrected chi connectivity index (χ1v) is 7.34. The van der Waals surface area contributed by atoms with Crippen LogP contribution in [0.1, 0.15) is 38.7 Å². The zero-order valence-electron chi connectivity index (χ0n) is 12.1. The maximum Gasteiger partial charge on any atom is 0.214 e. The van der Waals surface area contributed by atoms with Crippen LogP contribution in [0.15, 0.2) is 24.3 Å². The standard InChI is InChI=1S/C17H23NO/c1-12-4-7-14(8-5-12)18(11-19)16-9-6-13-10-15(16)17(13,2)3/h4-5,7-8,11,13,15-16H,6,9-10H2,1-3H3/t13-,15-,16+/m0/s1. The fourth-order valence-corrected chi connectivity index (χ4v) is 4.15. The number of aryl methyl sites for hydroxylation is 1. The van der Waals surface area contributed by atoms with Crippen LogP contribution in [0.4, 0.5) is 5.69 Å². The number of carbonyl (C=O) groups is 1. The van der Waals surface area contributed by atoms with Gasteiger partial charge in [0.1, 0.15) is 0 Å². The Morgan fingerprint density at radius 2 is 1.89 bits per heavy atom. The highest BCUT2D eigenvalue weighted by molar-refractivity contribution is 5.76. The Morgan fingerprint density at radius 1 is 1.21 bits per heavy atom. The third kappa shape index (κ3) is 1.89. The monoisotopic (exact) mass is 257 g/mol. The Bertz CT molecular complexity index is 475. The van der Waals surface area contributed by atoms with Crippen LogP contribution in [0.25, 0.3) is 0 Å². The highest BCUT2D eigenvalue weighted by Gasteiger charge is 2.55. The number of benzene rings is 1. The lowest BCUT2D eigenvalue weighted by molar-refractivity contribution is -0.113. The van der Waals surface area contributed by atoms with Gasteiger partial charge in [0.05, 0.1) is 0 Å². The van der Waals surface area contributed by atoms with Crippen LogP contribution < -0.4 is 4.90 Å². The fourth-order valence-electron chi connectivity index (χ4n) is 4.15. The van der Waals surface area contributed by atoms with Gasteiger partial charge in [0.15, 0.2) is 0 Å². The van der Waals surface area contributed by atoms with Crippen molar-refractivity contribution in [2.45, 2.75) is 46.1 Å². The van der Waals surface area contributed by atoms with E-state index in [9.17, 15) is 4.79 Å². The van der Waals surface area contributed by atoms with Gasteiger partial charge in [-0.3, -0.25) is 4.79 Å². The SMILES string of the molecule is Cc1ccc(N(C=O)[C@@H]2CC[C@H]3C[C@@H]2C3(C)C)cc1. The van der Waals surface area contributed by atoms with Crippen LogP contribution in [0.3, 0.4) is 0 Å². The minimum absolute atomic E-state index is 0.389. The van der Waals surface area contributed by atoms with E-state index < -0.39 is 0 Å². The van der Waals surface area contributed by atoms with Gasteiger partial charge in [-0.25, -0.2) is 0 Å². The number of fused-ring (bicyclic) bond motifs is 2. The molecule has 3 fully saturated rings. The highest BCUT2D eigenvalue weighted by atomic mass is 16.1. The van der Waals surface area contributed by atoms with E-state index in [-0.39, 0.29) is 0 Å². The molecule has 3 saturated carbocycles. The molecule has 0 saturated heterocycles. The van der Waals surface area contributed by atoms with Gasteiger partial charge in [-0.05, 0) is 55.6 Å². The maximum atomic E-state index is 11.6. The molecule has 0 N–H and O–H groups in total. The number of carbonyl (C=O) groups excluding carboxylic acids is 1. The minimum atomic E-state index is 0.389. The van der Waals surface area contributed by atoms with Crippen molar-refractivity contribution in [3.05, 3.63) is 29.8 Å². The zero-order valence-corrected chi connectivity index (χ0v) is 12.1. The molecule has 3 aliphatic rings. The first-order chi connectivity index (χ1) is 9.04. The van der Waals surface area contributed by atoms with Crippen LogP contribution in [0.2, 0.25) is 0 Å². The van der Waals surface area contributed by atoms with Crippen LogP contribution in [0, 0.1) is 24.2 Å². The molecule has 2 bridgehead atoms. The number of amides is 1. The maximum absolute atomic E-state index is 11.6. The fraction of sp³-hybridized carbons (Fsp3) is 0.588. The van der Waals surface area contributed by atoms with Crippen molar-refractivity contribution in [1.82, 2.24) is 0 Å². The number of anilines is 1. The topological polar surface area (TPSA) is 20.3 Å². The van der Waals surface area contributed by atoms with Crippen molar-refractivity contribution in [2.24, 2.45) is 17.3 Å². The number of rotatable bonds is 3. The predicted molar refractivity (Wildman–Crippen MR) is 78.1 cm³/mol. The molecule has 3 atom stereocenters. The van der Waals surface area contributed by atoms with Crippen molar-refractivity contribution >= 4 is 12.1 Å². The van der Waals surface area contributed by atoms with Crippen molar-refractivity contribution in [3.8, 4) is 0 Å². The molecule has 1 amide bonds. The van der Waals surface area contributed by atoms with Gasteiger partial charge in [-0.15, -0.1) is 0 Å². The van der Waals surface area contributed by atoms with E-state index in [4.69, 9.17) is 0 Å². The Hall–Kier alpha value is -1.31. The molecule has 4 rings (SSSR count). The Balaban J connectivity index is 1.86. The molecule has 2 nitrogen and oxygen atoms in total. The third-order valence-corrected chi connectivity index (χ3v) is 5.62. The molecule has 0 aliphatic heterocycles. The average Bonchev–Trinajstić information content (AvgIpc) is 2.42. The average molecular weight is 257 g/mol. The van der Waals surface area contributed by atoms with Gasteiger partial charge in [0.2, 0.25) is 6.41 Å². The summed E-state index contributed by atoms with van der Waals surface area (Å²) in [6.45, 7) is 6.82. The molecular formula is C17H23NO. The number of hydrogen-bond donors (Lipinski definition) is 0. The summed E-state index contributed by atoms with van der Waals surface area (Å²) in [4.78, 5) is 13.6. The molecule has 2 heteroatoms. The summed E-state index contributed by atoms with van der Waals surface area (Å²) in [6, 6.07) is 8.70. The summed E-state index contributed by atoms with van der Waals surface area (Å²) in [5.41, 5.74) is 2.70. The summed E-state index contributed by atoms with van der Waals surface area (Å²) < 4.78 is 0. The molecule has 102 valence electrons. The van der Waals surface area contributed by atoms with E-state index in [2.05, 4.69) is 45.0 Å². The quantitative estimate of drug-likeness (QED) is 0.755. The molecule has 19 heavy (non-hydrogen) atoms. The summed E-state index contributed by atoms with van der Waals surface area (Å²) in [5, 5.41) is 0. The van der Waals surface area contributed by atoms with E-state index in [1.54, 1.807) is 0 Å². The molecule has 0 spiro atoms. The van der Waals surface area contributed by atoms with Gasteiger partial charge < -0.3 is 4.90 Å². The van der Waals surface area contributed by atoms with Gasteiger partial charge in [0.25, 0.3) is 0 Å². The molecular weight excluding hydrogens is 234 g/mol. The highest BCUT2D eigenvalue weighted by Crippen LogP contribution is 2.60. The number of nitrogens with zero attached hydrogens (tertiary/aromatic N) is 1. The molecule has 0 unspecified atom stereocenters. The summed E-state index contributed by atoms with van der Waals surface area (Å²) in [7, 11) is 0. The Labute approximate surface area is 115 Å². The first-order valence-electron chi connectivity index (χ1n) is 7.34. The van der Waals surface area contributed by atoms with Crippen LogP contribution in [0.5, 0.6) is 0 Å². The summed E-state index contributed by atoms with van der Waals surface area (Å²) in [6.07, 6.45) is 4.76. The molecule has 1 aromatic carbocycles. The van der Waals surface area contributed by atoms with Crippen molar-refractivity contribution in [1.29, 1.82) is 0 Å². The molecule has 0 radical (unpaired) electrons. The summed E-state index contributed by atoms with van der Waals surface area (Å²) >= 11 is 0. The van der Waals surface area contributed by atoms with E-state index in [0.29, 0.717) is 17.4 Å². The van der Waals surface area contributed by atoms with Crippen LogP contribution in [-0.2, 0) is 4.79 Å². The lowest BCUT2D eigenvalue weighted by Crippen LogP contribution is -2.59. The van der Waals surface area contributed by atoms with Gasteiger partial charge in [-0.1, -0.05) is 31.5 Å². The van der Waals surface area contributed by atoms with E-state index >= 15 is 0 Å². The van der Waals surface area contributed by atoms with E-state index in [1.807, 2.05) is 4.90 Å². The Morgan fingerprint density at radius 3 is 2.42 bits per heavy atom. The largest absolute Gasteiger partial charge is 0.312 e. The minimum Gasteiger partial charge on any atom is -0.312 e. The smallest absolute Gasteiger partial charge is 0.214 e. The van der Waals surface area contributed by atoms with E-state index in [0.717, 1.165) is 24.4 Å². The third-order valence-electron chi connectivity index (χ3n) is 5.62. The van der Waals surface area contributed by atoms with Crippen molar-refractivity contribution < 1.29 is 4.79 Å². The molecule has 0 aromatic heterocycles. The second kappa shape index (κ2) is 4.36. The first kappa shape index (κ1) is 12.7. The lowest BCUT2D eigenvalue weighted by Gasteiger charge is -2.61. The van der Waals surface area contributed by atoms with Crippen LogP contribution in [-0.4, -0.2) is 12.5 Å². The summed E-state index contributed by atoms with van der Waals surface area (Å²) in [5.74, 6) is 1.54. The Kier molecular flexibility index (Phi) is 2.92. The van der Waals surface area contributed by atoms with Gasteiger partial charge in [0, 0.05) is 11.7 Å². The lowest BCUT2D eigenvalue weighted by atomic mass is 9.47. The van der Waals surface area contributed by atoms with Crippen molar-refractivity contribution in [2.75, 3.05) is 4.90 Å². The molecule has 1 aromatic rings. The number of hydrogen-bond acceptors (Lipinski definition) is 1. The molecule has 0 heterocycles. The normalized spacial score (nSPS) is 31.4.